The summed E-state index contributed by atoms with van der Waals surface area (Å²) in [4.78, 5) is 47.3. The number of imide groups is 1. The second-order valence-electron chi connectivity index (χ2n) is 9.09. The fourth-order valence-electron chi connectivity index (χ4n) is 4.65. The van der Waals surface area contributed by atoms with Crippen LogP contribution in [0.15, 0.2) is 61.1 Å². The number of nitrogens with one attached hydrogen (secondary N) is 1. The summed E-state index contributed by atoms with van der Waals surface area (Å²) in [5.74, 6) is -0.821. The maximum atomic E-state index is 13.3. The molecule has 6 rings (SSSR count). The van der Waals surface area contributed by atoms with Gasteiger partial charge in [-0.05, 0) is 48.7 Å². The number of fused-ring (bicyclic) bond motifs is 2. The summed E-state index contributed by atoms with van der Waals surface area (Å²) in [5, 5.41) is 2.75. The van der Waals surface area contributed by atoms with Gasteiger partial charge in [-0.1, -0.05) is 12.1 Å². The topological polar surface area (TPSA) is 131 Å². The van der Waals surface area contributed by atoms with Crippen molar-refractivity contribution in [2.75, 3.05) is 5.32 Å². The molecule has 0 saturated heterocycles. The lowest BCUT2D eigenvalue weighted by molar-refractivity contribution is -0.114. The van der Waals surface area contributed by atoms with E-state index in [1.54, 1.807) is 48.7 Å². The lowest BCUT2D eigenvalue weighted by atomic mass is 10.0. The third kappa shape index (κ3) is 3.78. The van der Waals surface area contributed by atoms with Gasteiger partial charge in [-0.25, -0.2) is 17.4 Å². The summed E-state index contributed by atoms with van der Waals surface area (Å²) in [6.07, 6.45) is 5.76. The van der Waals surface area contributed by atoms with Gasteiger partial charge in [0.2, 0.25) is 15.9 Å². The Labute approximate surface area is 212 Å². The predicted molar refractivity (Wildman–Crippen MR) is 135 cm³/mol. The first kappa shape index (κ1) is 23.0. The number of pyridine rings is 2. The highest BCUT2D eigenvalue weighted by atomic mass is 32.2. The van der Waals surface area contributed by atoms with Crippen LogP contribution in [-0.4, -0.2) is 50.2 Å². The normalized spacial score (nSPS) is 15.3. The molecule has 0 atom stereocenters. The van der Waals surface area contributed by atoms with Crippen molar-refractivity contribution in [3.8, 4) is 11.1 Å². The Kier molecular flexibility index (Phi) is 5.19. The van der Waals surface area contributed by atoms with Crippen LogP contribution in [-0.2, 0) is 21.4 Å². The smallest absolute Gasteiger partial charge is 0.261 e. The number of carbonyl (C=O) groups is 3. The molecule has 0 spiro atoms. The van der Waals surface area contributed by atoms with Crippen molar-refractivity contribution >= 4 is 44.5 Å². The number of hydrogen-bond donors (Lipinski definition) is 1. The van der Waals surface area contributed by atoms with Crippen molar-refractivity contribution < 1.29 is 22.8 Å². The van der Waals surface area contributed by atoms with E-state index in [0.29, 0.717) is 57.5 Å². The summed E-state index contributed by atoms with van der Waals surface area (Å²) >= 11 is 0. The molecule has 1 aliphatic heterocycles. The number of aromatic nitrogens is 3. The monoisotopic (exact) mass is 515 g/mol. The van der Waals surface area contributed by atoms with Crippen LogP contribution in [0.3, 0.4) is 0 Å². The van der Waals surface area contributed by atoms with Gasteiger partial charge in [-0.15, -0.1) is 0 Å². The van der Waals surface area contributed by atoms with Gasteiger partial charge in [0.25, 0.3) is 11.8 Å². The molecule has 3 amide bonds. The average molecular weight is 516 g/mol. The molecule has 0 bridgehead atoms. The van der Waals surface area contributed by atoms with Crippen molar-refractivity contribution in [2.24, 2.45) is 0 Å². The molecule has 1 aliphatic carbocycles. The summed E-state index contributed by atoms with van der Waals surface area (Å²) in [6, 6.07) is 11.7. The van der Waals surface area contributed by atoms with Crippen molar-refractivity contribution in [3.05, 3.63) is 77.9 Å². The zero-order valence-electron chi connectivity index (χ0n) is 19.7. The van der Waals surface area contributed by atoms with Crippen LogP contribution < -0.4 is 5.32 Å². The van der Waals surface area contributed by atoms with Gasteiger partial charge < -0.3 is 5.32 Å². The lowest BCUT2D eigenvalue weighted by Gasteiger charge is -2.17. The molecule has 1 fully saturated rings. The highest BCUT2D eigenvalue weighted by Crippen LogP contribution is 2.37. The highest BCUT2D eigenvalue weighted by molar-refractivity contribution is 7.91. The van der Waals surface area contributed by atoms with Gasteiger partial charge in [0.1, 0.15) is 5.82 Å². The molecule has 2 aliphatic rings. The number of benzene rings is 1. The van der Waals surface area contributed by atoms with E-state index in [1.807, 2.05) is 0 Å². The maximum absolute atomic E-state index is 13.3. The molecule has 0 radical (unpaired) electrons. The maximum Gasteiger partial charge on any atom is 0.261 e. The molecule has 0 unspecified atom stereocenters. The van der Waals surface area contributed by atoms with E-state index in [-0.39, 0.29) is 12.5 Å². The Morgan fingerprint density at radius 2 is 1.73 bits per heavy atom. The van der Waals surface area contributed by atoms with E-state index in [9.17, 15) is 22.8 Å². The van der Waals surface area contributed by atoms with Crippen molar-refractivity contribution in [2.45, 2.75) is 31.6 Å². The van der Waals surface area contributed by atoms with Crippen LogP contribution in [0.5, 0.6) is 0 Å². The van der Waals surface area contributed by atoms with Crippen LogP contribution in [0.25, 0.3) is 22.0 Å². The Morgan fingerprint density at radius 3 is 2.38 bits per heavy atom. The van der Waals surface area contributed by atoms with E-state index >= 15 is 0 Å². The van der Waals surface area contributed by atoms with E-state index in [4.69, 9.17) is 0 Å². The molecule has 3 aromatic heterocycles. The quantitative estimate of drug-likeness (QED) is 0.390. The molecule has 1 aromatic carbocycles. The predicted octanol–water partition coefficient (Wildman–Crippen LogP) is 3.19. The molecule has 11 heteroatoms. The van der Waals surface area contributed by atoms with Crippen LogP contribution in [0.2, 0.25) is 0 Å². The van der Waals surface area contributed by atoms with E-state index in [1.165, 1.54) is 23.3 Å². The van der Waals surface area contributed by atoms with Gasteiger partial charge in [0, 0.05) is 36.5 Å². The second-order valence-corrected chi connectivity index (χ2v) is 11.2. The van der Waals surface area contributed by atoms with Crippen LogP contribution in [0.4, 0.5) is 5.82 Å². The first-order valence-corrected chi connectivity index (χ1v) is 13.2. The van der Waals surface area contributed by atoms with Gasteiger partial charge >= 0.3 is 0 Å². The van der Waals surface area contributed by atoms with Gasteiger partial charge in [0.05, 0.1) is 34.1 Å². The Bertz CT molecular complexity index is 1700. The van der Waals surface area contributed by atoms with E-state index < -0.39 is 27.1 Å². The fraction of sp³-hybridized carbons (Fsp3) is 0.192. The fourth-order valence-corrected chi connectivity index (χ4v) is 6.39. The summed E-state index contributed by atoms with van der Waals surface area (Å²) < 4.78 is 27.9. The van der Waals surface area contributed by atoms with Crippen LogP contribution in [0, 0.1) is 0 Å². The number of hydrogen-bond acceptors (Lipinski definition) is 7. The average Bonchev–Trinajstić information content (AvgIpc) is 3.60. The van der Waals surface area contributed by atoms with Crippen molar-refractivity contribution in [1.82, 2.24) is 18.8 Å². The first-order valence-electron chi connectivity index (χ1n) is 11.7. The molecule has 4 heterocycles. The molecule has 186 valence electrons. The molecule has 10 nitrogen and oxygen atoms in total. The standard InChI is InChI=1S/C26H21N5O5S/c1-15(32)29-23-12-16(8-10-27-23)21-13-28-22(14-30-25(33)19-4-2-3-5-20(19)26(30)34)24-18(21)9-11-31(24)37(35,36)17-6-7-17/h2-5,8-13,17H,6-7,14H2,1H3,(H,27,29,32). The van der Waals surface area contributed by atoms with E-state index in [2.05, 4.69) is 15.3 Å². The third-order valence-electron chi connectivity index (χ3n) is 6.55. The second kappa shape index (κ2) is 8.34. The minimum Gasteiger partial charge on any atom is -0.311 e. The SMILES string of the molecule is CC(=O)Nc1cc(-c2cnc(CN3C(=O)c4ccccc4C3=O)c3c2ccn3S(=O)(=O)C2CC2)ccn1. The largest absolute Gasteiger partial charge is 0.311 e. The summed E-state index contributed by atoms with van der Waals surface area (Å²) in [5.41, 5.74) is 2.52. The van der Waals surface area contributed by atoms with Crippen molar-refractivity contribution in [3.63, 3.8) is 0 Å². The molecule has 4 aromatic rings. The van der Waals surface area contributed by atoms with Gasteiger partial charge in [0.15, 0.2) is 0 Å². The zero-order chi connectivity index (χ0) is 25.9. The number of rotatable bonds is 6. The number of nitrogens with zero attached hydrogens (tertiary/aromatic N) is 4. The number of carbonyl (C=O) groups excluding carboxylic acids is 3. The minimum absolute atomic E-state index is 0.180. The molecule has 1 saturated carbocycles. The molecule has 37 heavy (non-hydrogen) atoms. The molecule has 1 N–H and O–H groups in total. The van der Waals surface area contributed by atoms with Crippen molar-refractivity contribution in [1.29, 1.82) is 0 Å². The van der Waals surface area contributed by atoms with Crippen LogP contribution >= 0.6 is 0 Å². The lowest BCUT2D eigenvalue weighted by Crippen LogP contribution is -2.30. The summed E-state index contributed by atoms with van der Waals surface area (Å²) in [6.45, 7) is 1.20. The number of anilines is 1. The Balaban J connectivity index is 1.50. The van der Waals surface area contributed by atoms with Gasteiger partial charge in [-0.2, -0.15) is 0 Å². The van der Waals surface area contributed by atoms with Crippen LogP contribution in [0.1, 0.15) is 46.2 Å². The Morgan fingerprint density at radius 1 is 1.03 bits per heavy atom. The number of amides is 3. The van der Waals surface area contributed by atoms with Gasteiger partial charge in [-0.3, -0.25) is 24.3 Å². The highest BCUT2D eigenvalue weighted by Gasteiger charge is 2.39. The first-order chi connectivity index (χ1) is 17.8. The zero-order valence-corrected chi connectivity index (χ0v) is 20.5. The molecular formula is C26H21N5O5S. The summed E-state index contributed by atoms with van der Waals surface area (Å²) in [7, 11) is -3.69. The molecular weight excluding hydrogens is 494 g/mol. The Hall–Kier alpha value is -4.38. The van der Waals surface area contributed by atoms with E-state index in [0.717, 1.165) is 4.90 Å². The minimum atomic E-state index is -3.69. The third-order valence-corrected chi connectivity index (χ3v) is 8.71.